The fourth-order valence-electron chi connectivity index (χ4n) is 1.96. The maximum atomic E-state index is 5.25. The number of unbranched alkanes of at least 4 members (excludes halogenated alkanes) is 2. The summed E-state index contributed by atoms with van der Waals surface area (Å²) in [5.74, 6) is 1.14. The standard InChI is InChI=1S/C14H25N3O2/c1-5-6-7-8-11(2)15-9-12-13(18-3)16-10-17-14(12)19-4/h10-11,15H,5-9H2,1-4H3. The highest BCUT2D eigenvalue weighted by atomic mass is 16.5. The Balaban J connectivity index is 2.56. The zero-order valence-corrected chi connectivity index (χ0v) is 12.4. The van der Waals surface area contributed by atoms with Crippen molar-refractivity contribution in [2.45, 2.75) is 52.1 Å². The molecule has 1 aromatic heterocycles. The maximum Gasteiger partial charge on any atom is 0.224 e. The van der Waals surface area contributed by atoms with Gasteiger partial charge in [-0.25, -0.2) is 9.97 Å². The molecule has 1 rings (SSSR count). The second kappa shape index (κ2) is 8.69. The lowest BCUT2D eigenvalue weighted by Gasteiger charge is -2.16. The summed E-state index contributed by atoms with van der Waals surface area (Å²) in [5.41, 5.74) is 0.870. The molecule has 0 aliphatic rings. The van der Waals surface area contributed by atoms with Gasteiger partial charge >= 0.3 is 0 Å². The number of rotatable bonds is 9. The van der Waals surface area contributed by atoms with E-state index in [1.165, 1.54) is 32.0 Å². The van der Waals surface area contributed by atoms with Crippen molar-refractivity contribution in [2.75, 3.05) is 14.2 Å². The summed E-state index contributed by atoms with van der Waals surface area (Å²) in [4.78, 5) is 8.21. The predicted molar refractivity (Wildman–Crippen MR) is 75.6 cm³/mol. The van der Waals surface area contributed by atoms with E-state index in [9.17, 15) is 0 Å². The van der Waals surface area contributed by atoms with E-state index >= 15 is 0 Å². The minimum Gasteiger partial charge on any atom is -0.481 e. The molecule has 1 heterocycles. The summed E-state index contributed by atoms with van der Waals surface area (Å²) in [6.07, 6.45) is 6.41. The zero-order valence-electron chi connectivity index (χ0n) is 12.4. The second-order valence-electron chi connectivity index (χ2n) is 4.65. The summed E-state index contributed by atoms with van der Waals surface area (Å²) in [6.45, 7) is 5.06. The van der Waals surface area contributed by atoms with Crippen molar-refractivity contribution >= 4 is 0 Å². The number of nitrogens with zero attached hydrogens (tertiary/aromatic N) is 2. The van der Waals surface area contributed by atoms with Crippen LogP contribution in [0.4, 0.5) is 0 Å². The SMILES string of the molecule is CCCCCC(C)NCc1c(OC)ncnc1OC. The summed E-state index contributed by atoms with van der Waals surface area (Å²) < 4.78 is 10.5. The molecular formula is C14H25N3O2. The van der Waals surface area contributed by atoms with Crippen LogP contribution in [0.2, 0.25) is 0 Å². The first-order valence-electron chi connectivity index (χ1n) is 6.88. The number of ether oxygens (including phenoxy) is 2. The largest absolute Gasteiger partial charge is 0.481 e. The summed E-state index contributed by atoms with van der Waals surface area (Å²) in [5, 5.41) is 3.47. The monoisotopic (exact) mass is 267 g/mol. The molecule has 5 nitrogen and oxygen atoms in total. The first kappa shape index (κ1) is 15.7. The van der Waals surface area contributed by atoms with E-state index in [-0.39, 0.29) is 0 Å². The van der Waals surface area contributed by atoms with Crippen molar-refractivity contribution in [1.29, 1.82) is 0 Å². The van der Waals surface area contributed by atoms with Crippen LogP contribution in [0.5, 0.6) is 11.8 Å². The Kier molecular flexibility index (Phi) is 7.18. The fraction of sp³-hybridized carbons (Fsp3) is 0.714. The Morgan fingerprint density at radius 2 is 1.79 bits per heavy atom. The van der Waals surface area contributed by atoms with Crippen LogP contribution in [0, 0.1) is 0 Å². The van der Waals surface area contributed by atoms with Crippen LogP contribution >= 0.6 is 0 Å². The zero-order chi connectivity index (χ0) is 14.1. The third-order valence-electron chi connectivity index (χ3n) is 3.12. The maximum absolute atomic E-state index is 5.25. The molecule has 108 valence electrons. The van der Waals surface area contributed by atoms with Crippen molar-refractivity contribution in [3.8, 4) is 11.8 Å². The lowest BCUT2D eigenvalue weighted by atomic mass is 10.1. The molecule has 0 fully saturated rings. The number of aromatic nitrogens is 2. The smallest absolute Gasteiger partial charge is 0.224 e. The predicted octanol–water partition coefficient (Wildman–Crippen LogP) is 2.55. The van der Waals surface area contributed by atoms with E-state index in [1.54, 1.807) is 14.2 Å². The molecule has 5 heteroatoms. The van der Waals surface area contributed by atoms with Gasteiger partial charge in [0.15, 0.2) is 0 Å². The van der Waals surface area contributed by atoms with Crippen LogP contribution in [0.1, 0.15) is 45.1 Å². The van der Waals surface area contributed by atoms with Gasteiger partial charge in [-0.2, -0.15) is 0 Å². The van der Waals surface area contributed by atoms with E-state index in [0.29, 0.717) is 24.3 Å². The Bertz CT molecular complexity index is 349. The van der Waals surface area contributed by atoms with Gasteiger partial charge in [-0.05, 0) is 13.3 Å². The average molecular weight is 267 g/mol. The van der Waals surface area contributed by atoms with Crippen LogP contribution in [-0.4, -0.2) is 30.2 Å². The van der Waals surface area contributed by atoms with Gasteiger partial charge in [0.1, 0.15) is 6.33 Å². The summed E-state index contributed by atoms with van der Waals surface area (Å²) in [7, 11) is 3.21. The average Bonchev–Trinajstić information content (AvgIpc) is 2.44. The van der Waals surface area contributed by atoms with Gasteiger partial charge in [0.05, 0.1) is 19.8 Å². The summed E-state index contributed by atoms with van der Waals surface area (Å²) in [6, 6.07) is 0.459. The molecule has 0 saturated heterocycles. The fourth-order valence-corrected chi connectivity index (χ4v) is 1.96. The van der Waals surface area contributed by atoms with Crippen molar-refractivity contribution < 1.29 is 9.47 Å². The van der Waals surface area contributed by atoms with Crippen molar-refractivity contribution in [3.63, 3.8) is 0 Å². The van der Waals surface area contributed by atoms with Crippen molar-refractivity contribution in [1.82, 2.24) is 15.3 Å². The first-order chi connectivity index (χ1) is 9.22. The number of hydrogen-bond donors (Lipinski definition) is 1. The van der Waals surface area contributed by atoms with Gasteiger partial charge < -0.3 is 14.8 Å². The van der Waals surface area contributed by atoms with Gasteiger partial charge in [0, 0.05) is 12.6 Å². The Hall–Kier alpha value is -1.36. The molecule has 0 aliphatic heterocycles. The number of nitrogens with one attached hydrogen (secondary N) is 1. The molecular weight excluding hydrogens is 242 g/mol. The summed E-state index contributed by atoms with van der Waals surface area (Å²) >= 11 is 0. The van der Waals surface area contributed by atoms with E-state index in [4.69, 9.17) is 9.47 Å². The topological polar surface area (TPSA) is 56.3 Å². The first-order valence-corrected chi connectivity index (χ1v) is 6.88. The molecule has 0 spiro atoms. The Morgan fingerprint density at radius 1 is 1.16 bits per heavy atom. The molecule has 0 radical (unpaired) electrons. The van der Waals surface area contributed by atoms with E-state index in [2.05, 4.69) is 29.1 Å². The quantitative estimate of drug-likeness (QED) is 0.697. The molecule has 0 bridgehead atoms. The molecule has 1 N–H and O–H groups in total. The van der Waals surface area contributed by atoms with Gasteiger partial charge in [-0.3, -0.25) is 0 Å². The van der Waals surface area contributed by atoms with E-state index in [0.717, 1.165) is 5.56 Å². The highest BCUT2D eigenvalue weighted by molar-refractivity contribution is 5.34. The van der Waals surface area contributed by atoms with E-state index in [1.807, 2.05) is 0 Å². The van der Waals surface area contributed by atoms with Crippen LogP contribution in [0.3, 0.4) is 0 Å². The van der Waals surface area contributed by atoms with Gasteiger partial charge in [0.2, 0.25) is 11.8 Å². The van der Waals surface area contributed by atoms with Crippen LogP contribution in [0.25, 0.3) is 0 Å². The third-order valence-corrected chi connectivity index (χ3v) is 3.12. The van der Waals surface area contributed by atoms with Crippen molar-refractivity contribution in [3.05, 3.63) is 11.9 Å². The lowest BCUT2D eigenvalue weighted by molar-refractivity contribution is 0.356. The normalized spacial score (nSPS) is 12.2. The molecule has 0 aromatic carbocycles. The molecule has 1 unspecified atom stereocenters. The minimum absolute atomic E-state index is 0.459. The van der Waals surface area contributed by atoms with Crippen LogP contribution in [-0.2, 0) is 6.54 Å². The molecule has 19 heavy (non-hydrogen) atoms. The number of hydrogen-bond acceptors (Lipinski definition) is 5. The third kappa shape index (κ3) is 5.03. The second-order valence-corrected chi connectivity index (χ2v) is 4.65. The van der Waals surface area contributed by atoms with Crippen LogP contribution in [0.15, 0.2) is 6.33 Å². The molecule has 0 saturated carbocycles. The highest BCUT2D eigenvalue weighted by Crippen LogP contribution is 2.23. The highest BCUT2D eigenvalue weighted by Gasteiger charge is 2.13. The molecule has 1 aromatic rings. The number of methoxy groups -OCH3 is 2. The Labute approximate surface area is 115 Å². The molecule has 0 amide bonds. The van der Waals surface area contributed by atoms with Gasteiger partial charge in [-0.15, -0.1) is 0 Å². The van der Waals surface area contributed by atoms with Crippen LogP contribution < -0.4 is 14.8 Å². The Morgan fingerprint density at radius 3 is 2.32 bits per heavy atom. The van der Waals surface area contributed by atoms with Gasteiger partial charge in [-0.1, -0.05) is 26.2 Å². The molecule has 1 atom stereocenters. The van der Waals surface area contributed by atoms with Crippen molar-refractivity contribution in [2.24, 2.45) is 0 Å². The van der Waals surface area contributed by atoms with Gasteiger partial charge in [0.25, 0.3) is 0 Å². The van der Waals surface area contributed by atoms with E-state index < -0.39 is 0 Å². The molecule has 0 aliphatic carbocycles. The lowest BCUT2D eigenvalue weighted by Crippen LogP contribution is -2.26. The minimum atomic E-state index is 0.459.